The van der Waals surface area contributed by atoms with E-state index in [1.807, 2.05) is 32.5 Å². The van der Waals surface area contributed by atoms with Crippen LogP contribution in [0.3, 0.4) is 0 Å². The minimum Gasteiger partial charge on any atom is -0.350 e. The van der Waals surface area contributed by atoms with Gasteiger partial charge in [0.05, 0.1) is 5.69 Å². The fraction of sp³-hybridized carbons (Fsp3) is 0.462. The summed E-state index contributed by atoms with van der Waals surface area (Å²) in [4.78, 5) is 11.8. The van der Waals surface area contributed by atoms with Crippen molar-refractivity contribution >= 4 is 5.91 Å². The predicted octanol–water partition coefficient (Wildman–Crippen LogP) is 1.04. The number of aromatic nitrogens is 4. The van der Waals surface area contributed by atoms with Crippen LogP contribution in [0.5, 0.6) is 0 Å². The minimum absolute atomic E-state index is 0.149. The van der Waals surface area contributed by atoms with Gasteiger partial charge in [-0.15, -0.1) is 0 Å². The lowest BCUT2D eigenvalue weighted by molar-refractivity contribution is 0.0949. The van der Waals surface area contributed by atoms with E-state index in [9.17, 15) is 4.79 Å². The third-order valence-corrected chi connectivity index (χ3v) is 3.26. The third kappa shape index (κ3) is 2.83. The van der Waals surface area contributed by atoms with E-state index in [0.717, 1.165) is 23.5 Å². The van der Waals surface area contributed by atoms with Crippen molar-refractivity contribution < 1.29 is 4.79 Å². The first kappa shape index (κ1) is 13.3. The van der Waals surface area contributed by atoms with Crippen molar-refractivity contribution in [1.29, 1.82) is 0 Å². The van der Waals surface area contributed by atoms with E-state index in [4.69, 9.17) is 0 Å². The molecule has 6 nitrogen and oxygen atoms in total. The fourth-order valence-corrected chi connectivity index (χ4v) is 2.11. The molecule has 0 aliphatic heterocycles. The Morgan fingerprint density at radius 1 is 1.42 bits per heavy atom. The number of aromatic amines is 1. The number of nitrogens with one attached hydrogen (secondary N) is 2. The normalized spacial score (nSPS) is 10.7. The molecule has 0 radical (unpaired) electrons. The second-order valence-corrected chi connectivity index (χ2v) is 4.72. The quantitative estimate of drug-likeness (QED) is 0.863. The molecule has 2 heterocycles. The first-order valence-corrected chi connectivity index (χ1v) is 6.28. The molecule has 0 bridgehead atoms. The Labute approximate surface area is 112 Å². The van der Waals surface area contributed by atoms with E-state index in [1.165, 1.54) is 5.56 Å². The predicted molar refractivity (Wildman–Crippen MR) is 72.0 cm³/mol. The molecule has 0 saturated carbocycles. The first-order chi connectivity index (χ1) is 8.99. The van der Waals surface area contributed by atoms with Gasteiger partial charge >= 0.3 is 0 Å². The lowest BCUT2D eigenvalue weighted by atomic mass is 10.1. The highest BCUT2D eigenvalue weighted by molar-refractivity contribution is 5.92. The van der Waals surface area contributed by atoms with Gasteiger partial charge in [-0.05, 0) is 38.8 Å². The van der Waals surface area contributed by atoms with Crippen molar-refractivity contribution in [2.24, 2.45) is 7.05 Å². The molecule has 2 rings (SSSR count). The molecule has 2 aromatic rings. The molecule has 2 N–H and O–H groups in total. The molecular weight excluding hydrogens is 242 g/mol. The second kappa shape index (κ2) is 5.26. The van der Waals surface area contributed by atoms with Crippen LogP contribution < -0.4 is 5.32 Å². The topological polar surface area (TPSA) is 75.6 Å². The van der Waals surface area contributed by atoms with Crippen LogP contribution in [-0.2, 0) is 13.5 Å². The fourth-order valence-electron chi connectivity index (χ4n) is 2.11. The van der Waals surface area contributed by atoms with Gasteiger partial charge < -0.3 is 5.32 Å². The standard InChI is InChI=1S/C13H19N5O/c1-8-7-12(16-15-8)13(19)14-6-5-11-9(2)17-18(4)10(11)3/h7H,5-6H2,1-4H3,(H,14,19)(H,15,16). The number of H-pyrrole nitrogens is 1. The van der Waals surface area contributed by atoms with Crippen LogP contribution in [0.2, 0.25) is 0 Å². The van der Waals surface area contributed by atoms with Crippen molar-refractivity contribution in [3.8, 4) is 0 Å². The molecule has 0 aliphatic rings. The molecule has 2 aromatic heterocycles. The van der Waals surface area contributed by atoms with Gasteiger partial charge in [0, 0.05) is 25.0 Å². The Bertz CT molecular complexity index is 596. The summed E-state index contributed by atoms with van der Waals surface area (Å²) in [6.07, 6.45) is 0.778. The number of carbonyl (C=O) groups is 1. The highest BCUT2D eigenvalue weighted by Gasteiger charge is 2.11. The van der Waals surface area contributed by atoms with Crippen molar-refractivity contribution in [2.45, 2.75) is 27.2 Å². The molecule has 1 amide bonds. The van der Waals surface area contributed by atoms with Crippen molar-refractivity contribution in [3.05, 3.63) is 34.4 Å². The molecule has 0 unspecified atom stereocenters. The van der Waals surface area contributed by atoms with Crippen molar-refractivity contribution in [2.75, 3.05) is 6.54 Å². The summed E-state index contributed by atoms with van der Waals surface area (Å²) >= 11 is 0. The van der Waals surface area contributed by atoms with Crippen molar-refractivity contribution in [3.63, 3.8) is 0 Å². The molecule has 19 heavy (non-hydrogen) atoms. The number of hydrogen-bond acceptors (Lipinski definition) is 3. The van der Waals surface area contributed by atoms with Crippen LogP contribution in [0, 0.1) is 20.8 Å². The Kier molecular flexibility index (Phi) is 3.69. The highest BCUT2D eigenvalue weighted by Crippen LogP contribution is 2.11. The zero-order chi connectivity index (χ0) is 14.0. The van der Waals surface area contributed by atoms with Crippen LogP contribution in [-0.4, -0.2) is 32.4 Å². The van der Waals surface area contributed by atoms with Crippen molar-refractivity contribution in [1.82, 2.24) is 25.3 Å². The van der Waals surface area contributed by atoms with E-state index >= 15 is 0 Å². The highest BCUT2D eigenvalue weighted by atomic mass is 16.1. The molecule has 0 atom stereocenters. The van der Waals surface area contributed by atoms with E-state index in [0.29, 0.717) is 12.2 Å². The van der Waals surface area contributed by atoms with Crippen LogP contribution in [0.1, 0.15) is 33.1 Å². The maximum Gasteiger partial charge on any atom is 0.271 e. The Morgan fingerprint density at radius 2 is 2.16 bits per heavy atom. The Balaban J connectivity index is 1.92. The van der Waals surface area contributed by atoms with Gasteiger partial charge in [-0.1, -0.05) is 0 Å². The van der Waals surface area contributed by atoms with E-state index < -0.39 is 0 Å². The van der Waals surface area contributed by atoms with Crippen LogP contribution in [0.4, 0.5) is 0 Å². The number of rotatable bonds is 4. The van der Waals surface area contributed by atoms with Gasteiger partial charge in [-0.3, -0.25) is 14.6 Å². The Hall–Kier alpha value is -2.11. The molecule has 0 fully saturated rings. The molecule has 0 saturated heterocycles. The molecule has 6 heteroatoms. The summed E-state index contributed by atoms with van der Waals surface area (Å²) in [7, 11) is 1.93. The van der Waals surface area contributed by atoms with Gasteiger partial charge in [0.25, 0.3) is 5.91 Å². The summed E-state index contributed by atoms with van der Waals surface area (Å²) in [5.74, 6) is -0.149. The molecular formula is C13H19N5O. The zero-order valence-electron chi connectivity index (χ0n) is 11.7. The van der Waals surface area contributed by atoms with Crippen LogP contribution in [0.25, 0.3) is 0 Å². The van der Waals surface area contributed by atoms with E-state index in [1.54, 1.807) is 6.07 Å². The maximum absolute atomic E-state index is 11.8. The van der Waals surface area contributed by atoms with Crippen LogP contribution in [0.15, 0.2) is 6.07 Å². The van der Waals surface area contributed by atoms with E-state index in [2.05, 4.69) is 20.6 Å². The SMILES string of the molecule is Cc1cc(C(=O)NCCc2c(C)nn(C)c2C)n[nH]1. The smallest absolute Gasteiger partial charge is 0.271 e. The van der Waals surface area contributed by atoms with E-state index in [-0.39, 0.29) is 5.91 Å². The summed E-state index contributed by atoms with van der Waals surface area (Å²) in [6, 6.07) is 1.73. The molecule has 102 valence electrons. The summed E-state index contributed by atoms with van der Waals surface area (Å²) in [5.41, 5.74) is 4.66. The average Bonchev–Trinajstić information content (AvgIpc) is 2.88. The number of carbonyl (C=O) groups excluding carboxylic acids is 1. The lowest BCUT2D eigenvalue weighted by Gasteiger charge is -2.04. The number of aryl methyl sites for hydroxylation is 3. The Morgan fingerprint density at radius 3 is 2.68 bits per heavy atom. The van der Waals surface area contributed by atoms with Gasteiger partial charge in [0.2, 0.25) is 0 Å². The average molecular weight is 261 g/mol. The number of nitrogens with zero attached hydrogens (tertiary/aromatic N) is 3. The molecule has 0 spiro atoms. The third-order valence-electron chi connectivity index (χ3n) is 3.26. The van der Waals surface area contributed by atoms with Gasteiger partial charge in [0.1, 0.15) is 5.69 Å². The maximum atomic E-state index is 11.8. The first-order valence-electron chi connectivity index (χ1n) is 6.28. The monoisotopic (exact) mass is 261 g/mol. The van der Waals surface area contributed by atoms with Gasteiger partial charge in [-0.25, -0.2) is 0 Å². The second-order valence-electron chi connectivity index (χ2n) is 4.72. The van der Waals surface area contributed by atoms with Gasteiger partial charge in [0.15, 0.2) is 0 Å². The number of hydrogen-bond donors (Lipinski definition) is 2. The summed E-state index contributed by atoms with van der Waals surface area (Å²) in [6.45, 7) is 6.47. The van der Waals surface area contributed by atoms with Crippen LogP contribution >= 0.6 is 0 Å². The minimum atomic E-state index is -0.149. The largest absolute Gasteiger partial charge is 0.350 e. The van der Waals surface area contributed by atoms with Gasteiger partial charge in [-0.2, -0.15) is 10.2 Å². The lowest BCUT2D eigenvalue weighted by Crippen LogP contribution is -2.26. The summed E-state index contributed by atoms with van der Waals surface area (Å²) in [5, 5.41) is 13.9. The molecule has 0 aromatic carbocycles. The number of amides is 1. The summed E-state index contributed by atoms with van der Waals surface area (Å²) < 4.78 is 1.86. The zero-order valence-corrected chi connectivity index (χ0v) is 11.7. The molecule has 0 aliphatic carbocycles.